The second-order valence-corrected chi connectivity index (χ2v) is 5.24. The van der Waals surface area contributed by atoms with Crippen LogP contribution < -0.4 is 10.6 Å². The summed E-state index contributed by atoms with van der Waals surface area (Å²) in [5.41, 5.74) is 0.994. The van der Waals surface area contributed by atoms with Crippen LogP contribution in [0.25, 0.3) is 0 Å². The summed E-state index contributed by atoms with van der Waals surface area (Å²) in [6, 6.07) is 6.44. The summed E-state index contributed by atoms with van der Waals surface area (Å²) in [7, 11) is 1.29. The third kappa shape index (κ3) is 7.63. The largest absolute Gasteiger partial charge is 0.469 e. The first-order chi connectivity index (χ1) is 12.0. The van der Waals surface area contributed by atoms with E-state index >= 15 is 0 Å². The van der Waals surface area contributed by atoms with E-state index in [2.05, 4.69) is 21.9 Å². The van der Waals surface area contributed by atoms with Crippen molar-refractivity contribution in [3.63, 3.8) is 0 Å². The monoisotopic (exact) mass is 348 g/mol. The van der Waals surface area contributed by atoms with E-state index in [1.807, 2.05) is 0 Å². The molecular weight excluding hydrogens is 324 g/mol. The predicted octanol–water partition coefficient (Wildman–Crippen LogP) is 1.90. The maximum Gasteiger partial charge on any atom is 0.307 e. The predicted molar refractivity (Wildman–Crippen MR) is 94.3 cm³/mol. The number of ether oxygens (including phenoxy) is 2. The molecule has 25 heavy (non-hydrogen) atoms. The van der Waals surface area contributed by atoms with Crippen LogP contribution in [0, 0.1) is 0 Å². The van der Waals surface area contributed by atoms with Crippen LogP contribution in [0.15, 0.2) is 36.9 Å². The third-order valence-electron chi connectivity index (χ3n) is 3.32. The van der Waals surface area contributed by atoms with Crippen molar-refractivity contribution >= 4 is 23.5 Å². The van der Waals surface area contributed by atoms with Gasteiger partial charge in [0.05, 0.1) is 20.1 Å². The molecule has 7 heteroatoms. The Labute approximate surface area is 147 Å². The van der Waals surface area contributed by atoms with E-state index in [4.69, 9.17) is 4.74 Å². The van der Waals surface area contributed by atoms with Crippen molar-refractivity contribution in [2.24, 2.45) is 0 Å². The molecule has 2 amide bonds. The Morgan fingerprint density at radius 1 is 1.24 bits per heavy atom. The molecule has 0 saturated heterocycles. The normalized spacial score (nSPS) is 11.3. The van der Waals surface area contributed by atoms with Crippen molar-refractivity contribution in [3.8, 4) is 0 Å². The fourth-order valence-electron chi connectivity index (χ4n) is 1.83. The number of carbonyl (C=O) groups excluding carboxylic acids is 3. The second-order valence-electron chi connectivity index (χ2n) is 5.24. The van der Waals surface area contributed by atoms with Crippen LogP contribution in [0.4, 0.5) is 5.69 Å². The highest BCUT2D eigenvalue weighted by molar-refractivity contribution is 5.96. The molecule has 1 atom stereocenters. The van der Waals surface area contributed by atoms with Crippen LogP contribution in [0.3, 0.4) is 0 Å². The van der Waals surface area contributed by atoms with Gasteiger partial charge in [-0.2, -0.15) is 0 Å². The average Bonchev–Trinajstić information content (AvgIpc) is 2.62. The Morgan fingerprint density at radius 3 is 2.52 bits per heavy atom. The lowest BCUT2D eigenvalue weighted by molar-refractivity contribution is -0.140. The minimum Gasteiger partial charge on any atom is -0.469 e. The zero-order valence-electron chi connectivity index (χ0n) is 14.5. The molecule has 1 unspecified atom stereocenters. The van der Waals surface area contributed by atoms with Gasteiger partial charge >= 0.3 is 5.97 Å². The van der Waals surface area contributed by atoms with Gasteiger partial charge in [0.25, 0.3) is 11.8 Å². The number of nitrogens with one attached hydrogen (secondary N) is 2. The zero-order chi connectivity index (χ0) is 18.7. The van der Waals surface area contributed by atoms with Gasteiger partial charge in [0.15, 0.2) is 0 Å². The second kappa shape index (κ2) is 11.0. The molecule has 1 aromatic carbocycles. The summed E-state index contributed by atoms with van der Waals surface area (Å²) in [4.78, 5) is 34.9. The van der Waals surface area contributed by atoms with Gasteiger partial charge in [-0.3, -0.25) is 14.4 Å². The average molecular weight is 348 g/mol. The highest BCUT2D eigenvalue weighted by Crippen LogP contribution is 2.10. The Hall–Kier alpha value is -2.67. The van der Waals surface area contributed by atoms with Gasteiger partial charge in [-0.25, -0.2) is 0 Å². The van der Waals surface area contributed by atoms with Gasteiger partial charge in [-0.15, -0.1) is 6.58 Å². The molecule has 0 aliphatic carbocycles. The van der Waals surface area contributed by atoms with E-state index in [1.165, 1.54) is 7.11 Å². The van der Waals surface area contributed by atoms with E-state index in [0.29, 0.717) is 24.3 Å². The number of hydrogen-bond donors (Lipinski definition) is 2. The number of hydrogen-bond acceptors (Lipinski definition) is 5. The molecule has 0 heterocycles. The van der Waals surface area contributed by atoms with Crippen LogP contribution >= 0.6 is 0 Å². The SMILES string of the molecule is C=CCCOC(C)C(=O)Nc1ccc(C(=O)NCCC(=O)OC)cc1. The van der Waals surface area contributed by atoms with Crippen molar-refractivity contribution in [1.29, 1.82) is 0 Å². The zero-order valence-corrected chi connectivity index (χ0v) is 14.5. The number of benzene rings is 1. The first-order valence-corrected chi connectivity index (χ1v) is 7.96. The van der Waals surface area contributed by atoms with Crippen molar-refractivity contribution < 1.29 is 23.9 Å². The summed E-state index contributed by atoms with van der Waals surface area (Å²) >= 11 is 0. The Bertz CT molecular complexity index is 598. The highest BCUT2D eigenvalue weighted by atomic mass is 16.5. The molecule has 7 nitrogen and oxygen atoms in total. The fourth-order valence-corrected chi connectivity index (χ4v) is 1.83. The molecule has 0 saturated carbocycles. The number of methoxy groups -OCH3 is 1. The first-order valence-electron chi connectivity index (χ1n) is 7.96. The molecule has 0 aromatic heterocycles. The summed E-state index contributed by atoms with van der Waals surface area (Å²) in [5.74, 6) is -0.954. The molecule has 1 rings (SSSR count). The summed E-state index contributed by atoms with van der Waals surface area (Å²) in [6.07, 6.45) is 1.93. The van der Waals surface area contributed by atoms with E-state index < -0.39 is 6.10 Å². The molecular formula is C18H24N2O5. The molecule has 0 aliphatic rings. The third-order valence-corrected chi connectivity index (χ3v) is 3.32. The molecule has 136 valence electrons. The molecule has 0 aliphatic heterocycles. The van der Waals surface area contributed by atoms with Gasteiger partial charge in [0.2, 0.25) is 0 Å². The first kappa shape index (κ1) is 20.4. The van der Waals surface area contributed by atoms with Crippen LogP contribution in [0.1, 0.15) is 30.1 Å². The van der Waals surface area contributed by atoms with E-state index in [0.717, 1.165) is 0 Å². The van der Waals surface area contributed by atoms with Crippen molar-refractivity contribution in [2.75, 3.05) is 25.6 Å². The number of rotatable bonds is 10. The standard InChI is InChI=1S/C18H24N2O5/c1-4-5-12-25-13(2)17(22)20-15-8-6-14(7-9-15)18(23)19-11-10-16(21)24-3/h4,6-9,13H,1,5,10-12H2,2-3H3,(H,19,23)(H,20,22). The molecule has 0 fully saturated rings. The number of anilines is 1. The molecule has 0 bridgehead atoms. The van der Waals surface area contributed by atoms with E-state index in [1.54, 1.807) is 37.3 Å². The Kier molecular flexibility index (Phi) is 8.95. The Morgan fingerprint density at radius 2 is 1.92 bits per heavy atom. The lowest BCUT2D eigenvalue weighted by atomic mass is 10.2. The molecule has 0 spiro atoms. The molecule has 1 aromatic rings. The van der Waals surface area contributed by atoms with E-state index in [-0.39, 0.29) is 30.7 Å². The smallest absolute Gasteiger partial charge is 0.307 e. The fraction of sp³-hybridized carbons (Fsp3) is 0.389. The maximum atomic E-state index is 12.0. The summed E-state index contributed by atoms with van der Waals surface area (Å²) < 4.78 is 9.86. The molecule has 2 N–H and O–H groups in total. The van der Waals surface area contributed by atoms with Gasteiger partial charge in [-0.1, -0.05) is 6.08 Å². The van der Waals surface area contributed by atoms with Gasteiger partial charge in [0, 0.05) is 17.8 Å². The minimum atomic E-state index is -0.582. The van der Waals surface area contributed by atoms with E-state index in [9.17, 15) is 14.4 Å². The topological polar surface area (TPSA) is 93.7 Å². The van der Waals surface area contributed by atoms with Gasteiger partial charge in [-0.05, 0) is 37.6 Å². The summed E-state index contributed by atoms with van der Waals surface area (Å²) in [5, 5.41) is 5.33. The number of amides is 2. The lowest BCUT2D eigenvalue weighted by Crippen LogP contribution is -2.28. The van der Waals surface area contributed by atoms with Crippen LogP contribution in [0.2, 0.25) is 0 Å². The van der Waals surface area contributed by atoms with Gasteiger partial charge < -0.3 is 20.1 Å². The van der Waals surface area contributed by atoms with Gasteiger partial charge in [0.1, 0.15) is 6.10 Å². The van der Waals surface area contributed by atoms with Crippen LogP contribution in [-0.4, -0.2) is 44.1 Å². The van der Waals surface area contributed by atoms with Crippen molar-refractivity contribution in [3.05, 3.63) is 42.5 Å². The number of esters is 1. The molecule has 0 radical (unpaired) electrons. The van der Waals surface area contributed by atoms with Crippen molar-refractivity contribution in [1.82, 2.24) is 5.32 Å². The summed E-state index contributed by atoms with van der Waals surface area (Å²) in [6.45, 7) is 5.89. The number of carbonyl (C=O) groups is 3. The van der Waals surface area contributed by atoms with Crippen LogP contribution in [-0.2, 0) is 19.1 Å². The highest BCUT2D eigenvalue weighted by Gasteiger charge is 2.13. The lowest BCUT2D eigenvalue weighted by Gasteiger charge is -2.13. The Balaban J connectivity index is 2.47. The minimum absolute atomic E-state index is 0.111. The maximum absolute atomic E-state index is 12.0. The van der Waals surface area contributed by atoms with Crippen molar-refractivity contribution in [2.45, 2.75) is 25.9 Å². The van der Waals surface area contributed by atoms with Crippen LogP contribution in [0.5, 0.6) is 0 Å². The quantitative estimate of drug-likeness (QED) is 0.383.